The van der Waals surface area contributed by atoms with Gasteiger partial charge in [-0.15, -0.1) is 10.2 Å². The number of carbonyl (C=O) groups excluding carboxylic acids is 1. The summed E-state index contributed by atoms with van der Waals surface area (Å²) < 4.78 is 3.59. The molecule has 172 valence electrons. The molecule has 7 nitrogen and oxygen atoms in total. The summed E-state index contributed by atoms with van der Waals surface area (Å²) in [5.41, 5.74) is 3.42. The highest BCUT2D eigenvalue weighted by Gasteiger charge is 2.19. The van der Waals surface area contributed by atoms with Crippen molar-refractivity contribution >= 4 is 34.3 Å². The predicted octanol–water partition coefficient (Wildman–Crippen LogP) is 4.44. The number of carbonyl (C=O) groups is 1. The van der Waals surface area contributed by atoms with E-state index in [1.807, 2.05) is 18.2 Å². The van der Waals surface area contributed by atoms with Crippen molar-refractivity contribution in [3.63, 3.8) is 0 Å². The third-order valence-electron chi connectivity index (χ3n) is 5.29. The lowest BCUT2D eigenvalue weighted by atomic mass is 10.1. The standard InChI is InChI=1S/C25H29N5O2S/c1-15(2)13-29-23(32)20-11-10-19(22(31)26-16(3)4)12-21(20)30-24(29)27-28-25(30)33-14-18-8-6-17(5)7-9-18/h6-12,15-16H,13-14H2,1-5H3,(H,26,31). The molecule has 0 bridgehead atoms. The summed E-state index contributed by atoms with van der Waals surface area (Å²) in [6.45, 7) is 10.6. The number of hydrogen-bond acceptors (Lipinski definition) is 5. The Morgan fingerprint density at radius 3 is 2.45 bits per heavy atom. The van der Waals surface area contributed by atoms with E-state index in [9.17, 15) is 9.59 Å². The molecule has 2 aromatic heterocycles. The lowest BCUT2D eigenvalue weighted by Gasteiger charge is -2.14. The van der Waals surface area contributed by atoms with E-state index in [4.69, 9.17) is 0 Å². The van der Waals surface area contributed by atoms with Crippen molar-refractivity contribution in [2.45, 2.75) is 58.1 Å². The predicted molar refractivity (Wildman–Crippen MR) is 133 cm³/mol. The lowest BCUT2D eigenvalue weighted by molar-refractivity contribution is 0.0943. The van der Waals surface area contributed by atoms with Crippen molar-refractivity contribution in [3.8, 4) is 0 Å². The first-order valence-electron chi connectivity index (χ1n) is 11.2. The van der Waals surface area contributed by atoms with Crippen LogP contribution in [0.25, 0.3) is 16.7 Å². The van der Waals surface area contributed by atoms with Crippen LogP contribution in [-0.4, -0.2) is 31.1 Å². The minimum absolute atomic E-state index is 0.0165. The molecule has 8 heteroatoms. The van der Waals surface area contributed by atoms with Crippen LogP contribution in [0.2, 0.25) is 0 Å². The number of benzene rings is 2. The first kappa shape index (κ1) is 23.0. The quantitative estimate of drug-likeness (QED) is 0.410. The molecule has 0 spiro atoms. The van der Waals surface area contributed by atoms with Gasteiger partial charge in [-0.05, 0) is 50.5 Å². The highest BCUT2D eigenvalue weighted by molar-refractivity contribution is 7.98. The molecular weight excluding hydrogens is 434 g/mol. The first-order chi connectivity index (χ1) is 15.7. The van der Waals surface area contributed by atoms with E-state index in [2.05, 4.69) is 60.6 Å². The topological polar surface area (TPSA) is 81.3 Å². The van der Waals surface area contributed by atoms with Gasteiger partial charge >= 0.3 is 0 Å². The van der Waals surface area contributed by atoms with Gasteiger partial charge in [0.1, 0.15) is 0 Å². The first-order valence-corrected chi connectivity index (χ1v) is 12.1. The summed E-state index contributed by atoms with van der Waals surface area (Å²) in [4.78, 5) is 26.0. The van der Waals surface area contributed by atoms with Gasteiger partial charge < -0.3 is 5.32 Å². The lowest BCUT2D eigenvalue weighted by Crippen LogP contribution is -2.30. The van der Waals surface area contributed by atoms with Crippen LogP contribution in [0.15, 0.2) is 52.4 Å². The van der Waals surface area contributed by atoms with Gasteiger partial charge in [0.25, 0.3) is 11.5 Å². The SMILES string of the molecule is Cc1ccc(CSc2nnc3n(CC(C)C)c(=O)c4ccc(C(=O)NC(C)C)cc4n23)cc1. The van der Waals surface area contributed by atoms with Gasteiger partial charge in [0, 0.05) is 23.9 Å². The zero-order chi connectivity index (χ0) is 23.7. The number of aromatic nitrogens is 4. The molecule has 33 heavy (non-hydrogen) atoms. The molecule has 0 unspecified atom stereocenters. The molecule has 0 fully saturated rings. The number of rotatable bonds is 7. The monoisotopic (exact) mass is 463 g/mol. The Balaban J connectivity index is 1.87. The smallest absolute Gasteiger partial charge is 0.262 e. The van der Waals surface area contributed by atoms with Crippen LogP contribution < -0.4 is 10.9 Å². The van der Waals surface area contributed by atoms with Crippen molar-refractivity contribution < 1.29 is 4.79 Å². The summed E-state index contributed by atoms with van der Waals surface area (Å²) in [6, 6.07) is 13.6. The fourth-order valence-corrected chi connectivity index (χ4v) is 4.62. The van der Waals surface area contributed by atoms with Gasteiger partial charge in [-0.2, -0.15) is 0 Å². The van der Waals surface area contributed by atoms with E-state index >= 15 is 0 Å². The number of nitrogens with zero attached hydrogens (tertiary/aromatic N) is 4. The van der Waals surface area contributed by atoms with Crippen molar-refractivity contribution in [2.24, 2.45) is 5.92 Å². The maximum absolute atomic E-state index is 13.3. The van der Waals surface area contributed by atoms with Gasteiger partial charge in [0.15, 0.2) is 5.16 Å². The molecule has 0 aliphatic carbocycles. The number of hydrogen-bond donors (Lipinski definition) is 1. The van der Waals surface area contributed by atoms with Crippen LogP contribution in [0.5, 0.6) is 0 Å². The Labute approximate surface area is 197 Å². The minimum atomic E-state index is -0.173. The van der Waals surface area contributed by atoms with E-state index in [1.54, 1.807) is 34.5 Å². The van der Waals surface area contributed by atoms with E-state index < -0.39 is 0 Å². The molecule has 1 N–H and O–H groups in total. The van der Waals surface area contributed by atoms with Gasteiger partial charge in [-0.25, -0.2) is 0 Å². The van der Waals surface area contributed by atoms with Crippen LogP contribution in [0, 0.1) is 12.8 Å². The third-order valence-corrected chi connectivity index (χ3v) is 6.29. The van der Waals surface area contributed by atoms with E-state index in [0.717, 1.165) is 5.75 Å². The Hall–Kier alpha value is -3.13. The van der Waals surface area contributed by atoms with Gasteiger partial charge in [-0.1, -0.05) is 55.4 Å². The molecule has 4 aromatic rings. The average molecular weight is 464 g/mol. The molecule has 0 atom stereocenters. The third kappa shape index (κ3) is 4.80. The highest BCUT2D eigenvalue weighted by atomic mass is 32.2. The van der Waals surface area contributed by atoms with Gasteiger partial charge in [-0.3, -0.25) is 18.6 Å². The summed E-state index contributed by atoms with van der Waals surface area (Å²) in [5.74, 6) is 1.31. The molecule has 1 amide bonds. The Morgan fingerprint density at radius 1 is 1.06 bits per heavy atom. The summed E-state index contributed by atoms with van der Waals surface area (Å²) in [6.07, 6.45) is 0. The number of fused-ring (bicyclic) bond motifs is 3. The maximum atomic E-state index is 13.3. The van der Waals surface area contributed by atoms with Crippen molar-refractivity contribution in [3.05, 3.63) is 69.5 Å². The second-order valence-corrected chi connectivity index (χ2v) is 10.0. The zero-order valence-corrected chi connectivity index (χ0v) is 20.4. The summed E-state index contributed by atoms with van der Waals surface area (Å²) in [5, 5.41) is 13.0. The molecule has 2 heterocycles. The molecule has 0 aliphatic heterocycles. The van der Waals surface area contributed by atoms with Crippen molar-refractivity contribution in [2.75, 3.05) is 0 Å². The molecule has 0 saturated carbocycles. The molecule has 4 rings (SSSR count). The van der Waals surface area contributed by atoms with E-state index in [-0.39, 0.29) is 23.4 Å². The van der Waals surface area contributed by atoms with Crippen LogP contribution in [0.3, 0.4) is 0 Å². The molecule has 0 saturated heterocycles. The van der Waals surface area contributed by atoms with Crippen LogP contribution in [-0.2, 0) is 12.3 Å². The Morgan fingerprint density at radius 2 is 1.79 bits per heavy atom. The van der Waals surface area contributed by atoms with Crippen LogP contribution in [0.1, 0.15) is 49.2 Å². The molecule has 2 aromatic carbocycles. The molecule has 0 radical (unpaired) electrons. The molecule has 0 aliphatic rings. The maximum Gasteiger partial charge on any atom is 0.262 e. The van der Waals surface area contributed by atoms with Crippen LogP contribution >= 0.6 is 11.8 Å². The fourth-order valence-electron chi connectivity index (χ4n) is 3.72. The highest BCUT2D eigenvalue weighted by Crippen LogP contribution is 2.26. The normalized spacial score (nSPS) is 11.7. The number of nitrogens with one attached hydrogen (secondary N) is 1. The van der Waals surface area contributed by atoms with Gasteiger partial charge in [0.2, 0.25) is 5.78 Å². The summed E-state index contributed by atoms with van der Waals surface area (Å²) in [7, 11) is 0. The Kier molecular flexibility index (Phi) is 6.56. The van der Waals surface area contributed by atoms with Crippen molar-refractivity contribution in [1.82, 2.24) is 24.5 Å². The Bertz CT molecular complexity index is 1370. The number of thioether (sulfide) groups is 1. The van der Waals surface area contributed by atoms with Crippen molar-refractivity contribution in [1.29, 1.82) is 0 Å². The number of amides is 1. The van der Waals surface area contributed by atoms with E-state index in [0.29, 0.717) is 33.9 Å². The van der Waals surface area contributed by atoms with E-state index in [1.165, 1.54) is 11.1 Å². The fraction of sp³-hybridized carbons (Fsp3) is 0.360. The zero-order valence-electron chi connectivity index (χ0n) is 19.6. The number of aryl methyl sites for hydroxylation is 1. The van der Waals surface area contributed by atoms with Gasteiger partial charge in [0.05, 0.1) is 10.9 Å². The second kappa shape index (κ2) is 9.39. The second-order valence-electron chi connectivity index (χ2n) is 9.06. The molecular formula is C25H29N5O2S. The largest absolute Gasteiger partial charge is 0.350 e. The van der Waals surface area contributed by atoms with Crippen LogP contribution in [0.4, 0.5) is 0 Å². The minimum Gasteiger partial charge on any atom is -0.350 e. The average Bonchev–Trinajstić information content (AvgIpc) is 3.19. The summed E-state index contributed by atoms with van der Waals surface area (Å²) >= 11 is 1.56.